The minimum absolute atomic E-state index is 0.380. The lowest BCUT2D eigenvalue weighted by atomic mass is 9.83. The van der Waals surface area contributed by atoms with Crippen LogP contribution in [0.3, 0.4) is 0 Å². The van der Waals surface area contributed by atoms with Gasteiger partial charge in [-0.15, -0.1) is 10.2 Å². The molecule has 2 heterocycles. The molecule has 0 fully saturated rings. The molecule has 3 rings (SSSR count). The fourth-order valence-corrected chi connectivity index (χ4v) is 3.75. The Morgan fingerprint density at radius 2 is 2.29 bits per heavy atom. The number of aliphatic carboxylic acids is 1. The first-order chi connectivity index (χ1) is 11.6. The van der Waals surface area contributed by atoms with Crippen LogP contribution in [-0.4, -0.2) is 36.7 Å². The van der Waals surface area contributed by atoms with Gasteiger partial charge in [0, 0.05) is 5.92 Å². The van der Waals surface area contributed by atoms with Gasteiger partial charge in [-0.3, -0.25) is 4.79 Å². The van der Waals surface area contributed by atoms with Crippen molar-refractivity contribution in [3.63, 3.8) is 0 Å². The second-order valence-corrected chi connectivity index (χ2v) is 6.69. The summed E-state index contributed by atoms with van der Waals surface area (Å²) in [4.78, 5) is 16.1. The summed E-state index contributed by atoms with van der Waals surface area (Å²) in [5.74, 6) is -1.40. The zero-order valence-electron chi connectivity index (χ0n) is 13.1. The van der Waals surface area contributed by atoms with Crippen LogP contribution in [0.15, 0.2) is 18.2 Å². The van der Waals surface area contributed by atoms with Gasteiger partial charge in [0.15, 0.2) is 11.0 Å². The number of carbonyl (C=O) groups is 1. The number of rotatable bonds is 7. The number of nitrogens with two attached hydrogens (primary N) is 1. The molecule has 0 aliphatic heterocycles. The molecule has 24 heavy (non-hydrogen) atoms. The summed E-state index contributed by atoms with van der Waals surface area (Å²) in [6.07, 6.45) is 1.78. The Morgan fingerprint density at radius 1 is 1.46 bits per heavy atom. The Balaban J connectivity index is 2.01. The number of carboxylic acid groups (broad SMARTS) is 1. The summed E-state index contributed by atoms with van der Waals surface area (Å²) in [6, 6.07) is 5.83. The van der Waals surface area contributed by atoms with Crippen molar-refractivity contribution in [3.8, 4) is 0 Å². The van der Waals surface area contributed by atoms with Crippen molar-refractivity contribution >= 4 is 32.7 Å². The molecule has 2 atom stereocenters. The quantitative estimate of drug-likeness (QED) is 0.597. The van der Waals surface area contributed by atoms with Crippen molar-refractivity contribution in [2.75, 3.05) is 5.73 Å². The fourth-order valence-electron chi connectivity index (χ4n) is 2.97. The molecule has 1 unspecified atom stereocenters. The monoisotopic (exact) mass is 346 g/mol. The number of thiazole rings is 1. The van der Waals surface area contributed by atoms with E-state index in [1.807, 2.05) is 25.1 Å². The molecule has 0 saturated heterocycles. The standard InChI is InChI=1S/C15H18N6O2S/c1-2-4-9(14(22)23)10(13-18-20-21-19-13)7-8-5-3-6-11-12(8)17-15(16)24-11/h3,5-6,9-10H,2,4,7H2,1H3,(H2,16,17)(H,22,23)(H,18,19,20,21)/t9?,10-/m0/s1. The number of hydrogen-bond donors (Lipinski definition) is 3. The third-order valence-electron chi connectivity index (χ3n) is 4.05. The topological polar surface area (TPSA) is 131 Å². The highest BCUT2D eigenvalue weighted by molar-refractivity contribution is 7.22. The van der Waals surface area contributed by atoms with Crippen molar-refractivity contribution in [1.29, 1.82) is 0 Å². The summed E-state index contributed by atoms with van der Waals surface area (Å²) >= 11 is 1.42. The zero-order valence-corrected chi connectivity index (χ0v) is 14.0. The normalized spacial score (nSPS) is 13.9. The number of aromatic amines is 1. The fraction of sp³-hybridized carbons (Fsp3) is 0.400. The third kappa shape index (κ3) is 3.21. The Labute approximate surface area is 142 Å². The van der Waals surface area contributed by atoms with Crippen LogP contribution in [0.2, 0.25) is 0 Å². The maximum atomic E-state index is 11.8. The molecule has 4 N–H and O–H groups in total. The number of H-pyrrole nitrogens is 1. The van der Waals surface area contributed by atoms with Crippen molar-refractivity contribution in [3.05, 3.63) is 29.6 Å². The van der Waals surface area contributed by atoms with E-state index in [4.69, 9.17) is 5.73 Å². The number of nitrogens with one attached hydrogen (secondary N) is 1. The molecule has 0 spiro atoms. The average Bonchev–Trinajstić information content (AvgIpc) is 3.19. The third-order valence-corrected chi connectivity index (χ3v) is 4.90. The number of hydrogen-bond acceptors (Lipinski definition) is 7. The van der Waals surface area contributed by atoms with E-state index in [1.54, 1.807) is 0 Å². The first kappa shape index (κ1) is 16.3. The van der Waals surface area contributed by atoms with Crippen LogP contribution in [0.1, 0.15) is 37.1 Å². The van der Waals surface area contributed by atoms with E-state index < -0.39 is 11.9 Å². The van der Waals surface area contributed by atoms with Crippen molar-refractivity contribution in [2.24, 2.45) is 5.92 Å². The number of anilines is 1. The highest BCUT2D eigenvalue weighted by Crippen LogP contribution is 2.33. The molecule has 0 aliphatic carbocycles. The predicted octanol–water partition coefficient (Wildman–Crippen LogP) is 2.22. The van der Waals surface area contributed by atoms with E-state index in [-0.39, 0.29) is 5.92 Å². The maximum Gasteiger partial charge on any atom is 0.307 e. The van der Waals surface area contributed by atoms with Gasteiger partial charge in [-0.25, -0.2) is 4.98 Å². The van der Waals surface area contributed by atoms with Gasteiger partial charge in [-0.05, 0) is 24.5 Å². The van der Waals surface area contributed by atoms with Crippen molar-refractivity contribution in [2.45, 2.75) is 32.1 Å². The first-order valence-corrected chi connectivity index (χ1v) is 8.51. The van der Waals surface area contributed by atoms with Gasteiger partial charge < -0.3 is 10.8 Å². The lowest BCUT2D eigenvalue weighted by Gasteiger charge is -2.21. The molecule has 0 amide bonds. The molecule has 0 radical (unpaired) electrons. The lowest BCUT2D eigenvalue weighted by Crippen LogP contribution is -2.25. The van der Waals surface area contributed by atoms with E-state index in [2.05, 4.69) is 25.6 Å². The molecule has 3 aromatic rings. The van der Waals surface area contributed by atoms with Gasteiger partial charge in [0.05, 0.1) is 16.1 Å². The number of nitrogen functional groups attached to an aromatic ring is 1. The van der Waals surface area contributed by atoms with Crippen LogP contribution < -0.4 is 5.73 Å². The molecule has 8 nitrogen and oxygen atoms in total. The van der Waals surface area contributed by atoms with Crippen LogP contribution in [0.4, 0.5) is 5.13 Å². The molecule has 0 saturated carbocycles. The molecule has 0 aliphatic rings. The Hall–Kier alpha value is -2.55. The largest absolute Gasteiger partial charge is 0.481 e. The molecule has 1 aromatic carbocycles. The van der Waals surface area contributed by atoms with E-state index >= 15 is 0 Å². The number of benzene rings is 1. The number of tetrazole rings is 1. The second-order valence-electron chi connectivity index (χ2n) is 5.63. The van der Waals surface area contributed by atoms with Crippen LogP contribution in [-0.2, 0) is 11.2 Å². The molecule has 2 aromatic heterocycles. The van der Waals surface area contributed by atoms with Crippen molar-refractivity contribution < 1.29 is 9.90 Å². The first-order valence-electron chi connectivity index (χ1n) is 7.70. The van der Waals surface area contributed by atoms with Crippen LogP contribution in [0, 0.1) is 5.92 Å². The smallest absolute Gasteiger partial charge is 0.307 e. The van der Waals surface area contributed by atoms with Gasteiger partial charge in [-0.2, -0.15) is 5.21 Å². The van der Waals surface area contributed by atoms with Crippen LogP contribution in [0.5, 0.6) is 0 Å². The van der Waals surface area contributed by atoms with Gasteiger partial charge >= 0.3 is 5.97 Å². The van der Waals surface area contributed by atoms with E-state index in [0.29, 0.717) is 23.8 Å². The summed E-state index contributed by atoms with van der Waals surface area (Å²) in [5.41, 5.74) is 7.57. The minimum Gasteiger partial charge on any atom is -0.481 e. The van der Waals surface area contributed by atoms with Gasteiger partial charge in [0.2, 0.25) is 0 Å². The van der Waals surface area contributed by atoms with Crippen LogP contribution in [0.25, 0.3) is 10.2 Å². The summed E-state index contributed by atoms with van der Waals surface area (Å²) in [6.45, 7) is 1.96. The lowest BCUT2D eigenvalue weighted by molar-refractivity contribution is -0.142. The van der Waals surface area contributed by atoms with Crippen LogP contribution >= 0.6 is 11.3 Å². The molecular formula is C15H18N6O2S. The Bertz CT molecular complexity index is 832. The summed E-state index contributed by atoms with van der Waals surface area (Å²) in [7, 11) is 0. The highest BCUT2D eigenvalue weighted by Gasteiger charge is 2.32. The van der Waals surface area contributed by atoms with E-state index in [0.717, 1.165) is 22.2 Å². The van der Waals surface area contributed by atoms with Gasteiger partial charge in [0.1, 0.15) is 0 Å². The maximum absolute atomic E-state index is 11.8. The van der Waals surface area contributed by atoms with Gasteiger partial charge in [0.25, 0.3) is 0 Å². The number of para-hydroxylation sites is 1. The molecular weight excluding hydrogens is 328 g/mol. The number of carboxylic acids is 1. The summed E-state index contributed by atoms with van der Waals surface area (Å²) < 4.78 is 0.985. The number of nitrogens with zero attached hydrogens (tertiary/aromatic N) is 4. The van der Waals surface area contributed by atoms with E-state index in [1.165, 1.54) is 11.3 Å². The second kappa shape index (κ2) is 6.91. The molecule has 126 valence electrons. The van der Waals surface area contributed by atoms with E-state index in [9.17, 15) is 9.90 Å². The van der Waals surface area contributed by atoms with Crippen molar-refractivity contribution in [1.82, 2.24) is 25.6 Å². The Kier molecular flexibility index (Phi) is 4.70. The highest BCUT2D eigenvalue weighted by atomic mass is 32.1. The zero-order chi connectivity index (χ0) is 17.1. The molecule has 9 heteroatoms. The Morgan fingerprint density at radius 3 is 2.96 bits per heavy atom. The molecule has 0 bridgehead atoms. The average molecular weight is 346 g/mol. The number of fused-ring (bicyclic) bond motifs is 1. The SMILES string of the molecule is CCCC(C(=O)O)[C@H](Cc1cccc2sc(N)nc12)c1nn[nH]n1. The predicted molar refractivity (Wildman–Crippen MR) is 90.7 cm³/mol. The minimum atomic E-state index is -0.850. The van der Waals surface area contributed by atoms with Gasteiger partial charge in [-0.1, -0.05) is 42.0 Å². The number of aromatic nitrogens is 5. The summed E-state index contributed by atoms with van der Waals surface area (Å²) in [5, 5.41) is 24.2.